The first-order chi connectivity index (χ1) is 10.7. The maximum absolute atomic E-state index is 12.2. The standard InChI is InChI=1S/C17H17N3O2/c1-20-11-19-15-9-13(5-8-16(15)20)17(21)18-10-12-3-6-14(22-2)7-4-12/h3-9,11H,10H2,1-2H3,(H,18,21). The zero-order chi connectivity index (χ0) is 15.5. The van der Waals surface area contributed by atoms with E-state index in [-0.39, 0.29) is 5.91 Å². The van der Waals surface area contributed by atoms with Crippen molar-refractivity contribution in [2.75, 3.05) is 7.11 Å². The van der Waals surface area contributed by atoms with Gasteiger partial charge in [-0.3, -0.25) is 4.79 Å². The van der Waals surface area contributed by atoms with Crippen molar-refractivity contribution >= 4 is 16.9 Å². The van der Waals surface area contributed by atoms with Gasteiger partial charge in [-0.1, -0.05) is 12.1 Å². The number of amides is 1. The summed E-state index contributed by atoms with van der Waals surface area (Å²) in [5.74, 6) is 0.694. The Kier molecular flexibility index (Phi) is 3.78. The summed E-state index contributed by atoms with van der Waals surface area (Å²) in [7, 11) is 3.56. The van der Waals surface area contributed by atoms with Crippen molar-refractivity contribution in [2.45, 2.75) is 6.54 Å². The number of ether oxygens (including phenoxy) is 1. The molecule has 22 heavy (non-hydrogen) atoms. The van der Waals surface area contributed by atoms with Crippen molar-refractivity contribution in [3.05, 3.63) is 59.9 Å². The average Bonchev–Trinajstić information content (AvgIpc) is 2.93. The van der Waals surface area contributed by atoms with E-state index in [4.69, 9.17) is 4.74 Å². The highest BCUT2D eigenvalue weighted by Gasteiger charge is 2.08. The van der Waals surface area contributed by atoms with E-state index in [2.05, 4.69) is 10.3 Å². The molecule has 5 nitrogen and oxygen atoms in total. The lowest BCUT2D eigenvalue weighted by Gasteiger charge is -2.06. The zero-order valence-electron chi connectivity index (χ0n) is 12.5. The van der Waals surface area contributed by atoms with Gasteiger partial charge in [0.1, 0.15) is 5.75 Å². The van der Waals surface area contributed by atoms with Crippen molar-refractivity contribution in [2.24, 2.45) is 7.05 Å². The van der Waals surface area contributed by atoms with Crippen molar-refractivity contribution < 1.29 is 9.53 Å². The first-order valence-electron chi connectivity index (χ1n) is 6.99. The minimum atomic E-state index is -0.108. The minimum Gasteiger partial charge on any atom is -0.497 e. The average molecular weight is 295 g/mol. The first-order valence-corrected chi connectivity index (χ1v) is 6.99. The van der Waals surface area contributed by atoms with Crippen LogP contribution in [0.3, 0.4) is 0 Å². The number of carbonyl (C=O) groups is 1. The SMILES string of the molecule is COc1ccc(CNC(=O)c2ccc3c(c2)ncn3C)cc1. The fraction of sp³-hybridized carbons (Fsp3) is 0.176. The Morgan fingerprint density at radius 1 is 1.23 bits per heavy atom. The zero-order valence-corrected chi connectivity index (χ0v) is 12.5. The molecule has 1 amide bonds. The Balaban J connectivity index is 1.69. The van der Waals surface area contributed by atoms with Crippen LogP contribution in [0, 0.1) is 0 Å². The van der Waals surface area contributed by atoms with Gasteiger partial charge in [-0.2, -0.15) is 0 Å². The molecule has 0 unspecified atom stereocenters. The molecule has 0 radical (unpaired) electrons. The molecule has 112 valence electrons. The van der Waals surface area contributed by atoms with Gasteiger partial charge < -0.3 is 14.6 Å². The second kappa shape index (κ2) is 5.89. The van der Waals surface area contributed by atoms with Gasteiger partial charge in [0.2, 0.25) is 0 Å². The molecule has 0 aliphatic carbocycles. The number of nitrogens with one attached hydrogen (secondary N) is 1. The van der Waals surface area contributed by atoms with Gasteiger partial charge in [0.25, 0.3) is 5.91 Å². The molecule has 0 saturated carbocycles. The van der Waals surface area contributed by atoms with E-state index in [0.29, 0.717) is 12.1 Å². The Morgan fingerprint density at radius 2 is 2.00 bits per heavy atom. The maximum Gasteiger partial charge on any atom is 0.251 e. The molecule has 0 bridgehead atoms. The lowest BCUT2D eigenvalue weighted by atomic mass is 10.1. The molecule has 0 aliphatic rings. The van der Waals surface area contributed by atoms with Crippen molar-refractivity contribution in [3.8, 4) is 5.75 Å². The van der Waals surface area contributed by atoms with E-state index < -0.39 is 0 Å². The smallest absolute Gasteiger partial charge is 0.251 e. The molecule has 0 spiro atoms. The number of fused-ring (bicyclic) bond motifs is 1. The van der Waals surface area contributed by atoms with Gasteiger partial charge in [0.05, 0.1) is 24.5 Å². The lowest BCUT2D eigenvalue weighted by Crippen LogP contribution is -2.22. The molecule has 3 aromatic rings. The summed E-state index contributed by atoms with van der Waals surface area (Å²) in [4.78, 5) is 16.5. The Labute approximate surface area is 128 Å². The molecule has 5 heteroatoms. The van der Waals surface area contributed by atoms with Crippen molar-refractivity contribution in [1.82, 2.24) is 14.9 Å². The summed E-state index contributed by atoms with van der Waals surface area (Å²) in [5, 5.41) is 2.91. The van der Waals surface area contributed by atoms with Crippen LogP contribution in [-0.4, -0.2) is 22.6 Å². The van der Waals surface area contributed by atoms with Gasteiger partial charge in [-0.15, -0.1) is 0 Å². The van der Waals surface area contributed by atoms with Crippen molar-refractivity contribution in [3.63, 3.8) is 0 Å². The summed E-state index contributed by atoms with van der Waals surface area (Å²) in [6, 6.07) is 13.1. The molecule has 1 heterocycles. The number of rotatable bonds is 4. The van der Waals surface area contributed by atoms with Crippen molar-refractivity contribution in [1.29, 1.82) is 0 Å². The third kappa shape index (κ3) is 2.79. The number of imidazole rings is 1. The summed E-state index contributed by atoms with van der Waals surface area (Å²) in [6.45, 7) is 0.475. The summed E-state index contributed by atoms with van der Waals surface area (Å²) in [5.41, 5.74) is 3.46. The number of carbonyl (C=O) groups excluding carboxylic acids is 1. The quantitative estimate of drug-likeness (QED) is 0.804. The van der Waals surface area contributed by atoms with Crippen LogP contribution in [-0.2, 0) is 13.6 Å². The monoisotopic (exact) mass is 295 g/mol. The van der Waals surface area contributed by atoms with E-state index >= 15 is 0 Å². The first kappa shape index (κ1) is 14.1. The summed E-state index contributed by atoms with van der Waals surface area (Å²) in [6.07, 6.45) is 1.74. The minimum absolute atomic E-state index is 0.108. The van der Waals surface area contributed by atoms with Crippen LogP contribution in [0.25, 0.3) is 11.0 Å². The number of hydrogen-bond acceptors (Lipinski definition) is 3. The number of hydrogen-bond donors (Lipinski definition) is 1. The van der Waals surface area contributed by atoms with E-state index in [1.807, 2.05) is 48.0 Å². The largest absolute Gasteiger partial charge is 0.497 e. The fourth-order valence-corrected chi connectivity index (χ4v) is 2.31. The van der Waals surface area contributed by atoms with Crippen LogP contribution in [0.1, 0.15) is 15.9 Å². The second-order valence-corrected chi connectivity index (χ2v) is 5.09. The predicted molar refractivity (Wildman–Crippen MR) is 84.9 cm³/mol. The highest BCUT2D eigenvalue weighted by molar-refractivity contribution is 5.97. The second-order valence-electron chi connectivity index (χ2n) is 5.09. The lowest BCUT2D eigenvalue weighted by molar-refractivity contribution is 0.0951. The van der Waals surface area contributed by atoms with E-state index in [9.17, 15) is 4.79 Å². The molecule has 0 saturated heterocycles. The Bertz CT molecular complexity index is 806. The van der Waals surface area contributed by atoms with Crippen LogP contribution in [0.4, 0.5) is 0 Å². The third-order valence-corrected chi connectivity index (χ3v) is 3.60. The number of benzene rings is 2. The Morgan fingerprint density at radius 3 is 2.73 bits per heavy atom. The molecule has 0 aliphatic heterocycles. The van der Waals surface area contributed by atoms with Gasteiger partial charge in [0.15, 0.2) is 0 Å². The van der Waals surface area contributed by atoms with Crippen LogP contribution in [0.5, 0.6) is 5.75 Å². The topological polar surface area (TPSA) is 56.1 Å². The molecule has 0 atom stereocenters. The molecule has 1 N–H and O–H groups in total. The van der Waals surface area contributed by atoms with E-state index in [0.717, 1.165) is 22.3 Å². The third-order valence-electron chi connectivity index (χ3n) is 3.60. The van der Waals surface area contributed by atoms with Gasteiger partial charge in [-0.05, 0) is 35.9 Å². The van der Waals surface area contributed by atoms with E-state index in [1.54, 1.807) is 19.5 Å². The van der Waals surface area contributed by atoms with Crippen LogP contribution < -0.4 is 10.1 Å². The highest BCUT2D eigenvalue weighted by atomic mass is 16.5. The van der Waals surface area contributed by atoms with Crippen LogP contribution in [0.2, 0.25) is 0 Å². The molecule has 1 aromatic heterocycles. The van der Waals surface area contributed by atoms with Gasteiger partial charge >= 0.3 is 0 Å². The molecule has 0 fully saturated rings. The maximum atomic E-state index is 12.2. The van der Waals surface area contributed by atoms with Gasteiger partial charge in [0, 0.05) is 19.2 Å². The number of methoxy groups -OCH3 is 1. The molecular weight excluding hydrogens is 278 g/mol. The predicted octanol–water partition coefficient (Wildman–Crippen LogP) is 2.51. The van der Waals surface area contributed by atoms with Gasteiger partial charge in [-0.25, -0.2) is 4.98 Å². The molecule has 2 aromatic carbocycles. The van der Waals surface area contributed by atoms with Crippen LogP contribution >= 0.6 is 0 Å². The molecular formula is C17H17N3O2. The van der Waals surface area contributed by atoms with Crippen LogP contribution in [0.15, 0.2) is 48.8 Å². The Hall–Kier alpha value is -2.82. The number of aromatic nitrogens is 2. The highest BCUT2D eigenvalue weighted by Crippen LogP contribution is 2.14. The fourth-order valence-electron chi connectivity index (χ4n) is 2.31. The normalized spacial score (nSPS) is 10.6. The summed E-state index contributed by atoms with van der Waals surface area (Å²) >= 11 is 0. The summed E-state index contributed by atoms with van der Waals surface area (Å²) < 4.78 is 7.04. The number of aryl methyl sites for hydroxylation is 1. The number of nitrogens with zero attached hydrogens (tertiary/aromatic N) is 2. The molecule has 3 rings (SSSR count). The van der Waals surface area contributed by atoms with E-state index in [1.165, 1.54) is 0 Å².